The van der Waals surface area contributed by atoms with Gasteiger partial charge in [-0.05, 0) is 43.0 Å². The van der Waals surface area contributed by atoms with Gasteiger partial charge in [-0.15, -0.1) is 0 Å². The van der Waals surface area contributed by atoms with E-state index in [0.717, 1.165) is 36.9 Å². The number of carbonyl (C=O) groups excluding carboxylic acids is 1. The Morgan fingerprint density at radius 3 is 2.54 bits per heavy atom. The van der Waals surface area contributed by atoms with Crippen LogP contribution in [0.15, 0.2) is 23.1 Å². The smallest absolute Gasteiger partial charge is 0.321 e. The third-order valence-corrected chi connectivity index (χ3v) is 6.41. The fraction of sp³-hybridized carbons (Fsp3) is 0.588. The molecule has 0 spiro atoms. The van der Waals surface area contributed by atoms with Gasteiger partial charge >= 0.3 is 6.03 Å². The van der Waals surface area contributed by atoms with Crippen molar-refractivity contribution in [3.63, 3.8) is 0 Å². The molecule has 1 heterocycles. The van der Waals surface area contributed by atoms with E-state index in [1.165, 1.54) is 12.8 Å². The maximum absolute atomic E-state index is 12.7. The maximum Gasteiger partial charge on any atom is 0.321 e. The first-order valence-corrected chi connectivity index (χ1v) is 10.1. The van der Waals surface area contributed by atoms with Gasteiger partial charge < -0.3 is 5.32 Å². The second-order valence-corrected chi connectivity index (χ2v) is 8.27. The molecule has 7 heteroatoms. The van der Waals surface area contributed by atoms with E-state index in [1.54, 1.807) is 30.1 Å². The molecule has 132 valence electrons. The summed E-state index contributed by atoms with van der Waals surface area (Å²) in [6, 6.07) is 4.91. The van der Waals surface area contributed by atoms with Crippen molar-refractivity contribution in [2.24, 2.45) is 0 Å². The molecule has 1 aromatic rings. The van der Waals surface area contributed by atoms with Gasteiger partial charge in [-0.3, -0.25) is 4.90 Å². The van der Waals surface area contributed by atoms with E-state index in [0.29, 0.717) is 17.9 Å². The molecule has 1 saturated carbocycles. The van der Waals surface area contributed by atoms with Gasteiger partial charge in [0.05, 0.1) is 4.90 Å². The Balaban J connectivity index is 1.78. The third-order valence-electron chi connectivity index (χ3n) is 4.89. The highest BCUT2D eigenvalue weighted by Crippen LogP contribution is 2.30. The molecule has 0 radical (unpaired) electrons. The van der Waals surface area contributed by atoms with Crippen LogP contribution < -0.4 is 14.9 Å². The second kappa shape index (κ2) is 7.11. The molecule has 1 aliphatic carbocycles. The molecule has 0 saturated heterocycles. The quantitative estimate of drug-likeness (QED) is 0.821. The summed E-state index contributed by atoms with van der Waals surface area (Å²) in [7, 11) is -1.92. The van der Waals surface area contributed by atoms with Crippen LogP contribution in [0.2, 0.25) is 0 Å². The van der Waals surface area contributed by atoms with Crippen LogP contribution in [0.3, 0.4) is 0 Å². The summed E-state index contributed by atoms with van der Waals surface area (Å²) in [5.41, 5.74) is 1.70. The molecule has 2 N–H and O–H groups in total. The first-order chi connectivity index (χ1) is 11.5. The lowest BCUT2D eigenvalue weighted by Crippen LogP contribution is -2.36. The lowest BCUT2D eigenvalue weighted by molar-refractivity contribution is 0.248. The minimum atomic E-state index is -3.51. The van der Waals surface area contributed by atoms with Crippen molar-refractivity contribution in [2.45, 2.75) is 55.9 Å². The SMILES string of the molecule is CNC(=O)N1CCc2cc(S(=O)(=O)NC3CCCCCC3)ccc21. The van der Waals surface area contributed by atoms with Gasteiger partial charge in [-0.1, -0.05) is 25.7 Å². The van der Waals surface area contributed by atoms with Crippen LogP contribution in [0.4, 0.5) is 10.5 Å². The first-order valence-electron chi connectivity index (χ1n) is 8.66. The minimum Gasteiger partial charge on any atom is -0.341 e. The van der Waals surface area contributed by atoms with E-state index in [4.69, 9.17) is 0 Å². The van der Waals surface area contributed by atoms with E-state index in [9.17, 15) is 13.2 Å². The Morgan fingerprint density at radius 2 is 1.88 bits per heavy atom. The molecular weight excluding hydrogens is 326 g/mol. The van der Waals surface area contributed by atoms with Crippen LogP contribution in [0.5, 0.6) is 0 Å². The van der Waals surface area contributed by atoms with Gasteiger partial charge in [0, 0.05) is 25.3 Å². The summed E-state index contributed by atoms with van der Waals surface area (Å²) in [6.07, 6.45) is 7.04. The zero-order chi connectivity index (χ0) is 17.2. The number of rotatable bonds is 3. The number of nitrogens with zero attached hydrogens (tertiary/aromatic N) is 1. The summed E-state index contributed by atoms with van der Waals surface area (Å²) >= 11 is 0. The van der Waals surface area contributed by atoms with E-state index in [-0.39, 0.29) is 12.1 Å². The molecule has 1 aromatic carbocycles. The lowest BCUT2D eigenvalue weighted by atomic mass is 10.1. The predicted octanol–water partition coefficient (Wildman–Crippen LogP) is 2.39. The standard InChI is InChI=1S/C17H25N3O3S/c1-18-17(21)20-11-10-13-12-15(8-9-16(13)20)24(22,23)19-14-6-4-2-3-5-7-14/h8-9,12,14,19H,2-7,10-11H2,1H3,(H,18,21). The van der Waals surface area contributed by atoms with Crippen LogP contribution in [-0.2, 0) is 16.4 Å². The third kappa shape index (κ3) is 3.57. The van der Waals surface area contributed by atoms with Crippen molar-refractivity contribution < 1.29 is 13.2 Å². The molecule has 2 amide bonds. The van der Waals surface area contributed by atoms with Crippen LogP contribution in [0, 0.1) is 0 Å². The van der Waals surface area contributed by atoms with E-state index >= 15 is 0 Å². The Bertz CT molecular complexity index is 710. The van der Waals surface area contributed by atoms with Crippen molar-refractivity contribution in [3.8, 4) is 0 Å². The highest BCUT2D eigenvalue weighted by atomic mass is 32.2. The predicted molar refractivity (Wildman–Crippen MR) is 93.8 cm³/mol. The summed E-state index contributed by atoms with van der Waals surface area (Å²) < 4.78 is 28.2. The van der Waals surface area contributed by atoms with Gasteiger partial charge in [-0.25, -0.2) is 17.9 Å². The van der Waals surface area contributed by atoms with Gasteiger partial charge in [0.1, 0.15) is 0 Å². The van der Waals surface area contributed by atoms with E-state index in [2.05, 4.69) is 10.0 Å². The Kier molecular flexibility index (Phi) is 5.10. The number of urea groups is 1. The molecule has 2 aliphatic rings. The normalized spacial score (nSPS) is 19.0. The fourth-order valence-corrected chi connectivity index (χ4v) is 4.93. The van der Waals surface area contributed by atoms with Crippen molar-refractivity contribution >= 4 is 21.7 Å². The fourth-order valence-electron chi connectivity index (χ4n) is 3.58. The van der Waals surface area contributed by atoms with Crippen molar-refractivity contribution in [1.82, 2.24) is 10.0 Å². The molecular formula is C17H25N3O3S. The lowest BCUT2D eigenvalue weighted by Gasteiger charge is -2.18. The number of nitrogens with one attached hydrogen (secondary N) is 2. The second-order valence-electron chi connectivity index (χ2n) is 6.56. The van der Waals surface area contributed by atoms with E-state index in [1.807, 2.05) is 0 Å². The molecule has 0 aromatic heterocycles. The Morgan fingerprint density at radius 1 is 1.17 bits per heavy atom. The number of fused-ring (bicyclic) bond motifs is 1. The van der Waals surface area contributed by atoms with Crippen LogP contribution in [0.1, 0.15) is 44.1 Å². The average molecular weight is 351 g/mol. The molecule has 6 nitrogen and oxygen atoms in total. The average Bonchev–Trinajstić information content (AvgIpc) is 2.83. The maximum atomic E-state index is 12.7. The first kappa shape index (κ1) is 17.2. The number of sulfonamides is 1. The van der Waals surface area contributed by atoms with Crippen molar-refractivity contribution in [2.75, 3.05) is 18.5 Å². The molecule has 3 rings (SSSR count). The molecule has 24 heavy (non-hydrogen) atoms. The molecule has 0 unspecified atom stereocenters. The molecule has 0 atom stereocenters. The van der Waals surface area contributed by atoms with Crippen LogP contribution >= 0.6 is 0 Å². The number of hydrogen-bond donors (Lipinski definition) is 2. The van der Waals surface area contributed by atoms with Gasteiger partial charge in [0.2, 0.25) is 10.0 Å². The number of amides is 2. The minimum absolute atomic E-state index is 0.0353. The van der Waals surface area contributed by atoms with Gasteiger partial charge in [0.15, 0.2) is 0 Å². The molecule has 0 bridgehead atoms. The number of anilines is 1. The monoisotopic (exact) mass is 351 g/mol. The summed E-state index contributed by atoms with van der Waals surface area (Å²) in [4.78, 5) is 13.8. The highest BCUT2D eigenvalue weighted by molar-refractivity contribution is 7.89. The summed E-state index contributed by atoms with van der Waals surface area (Å²) in [5, 5.41) is 2.61. The van der Waals surface area contributed by atoms with Crippen LogP contribution in [-0.4, -0.2) is 34.1 Å². The van der Waals surface area contributed by atoms with E-state index < -0.39 is 10.0 Å². The number of benzene rings is 1. The largest absolute Gasteiger partial charge is 0.341 e. The zero-order valence-corrected chi connectivity index (χ0v) is 14.9. The Labute approximate surface area is 143 Å². The highest BCUT2D eigenvalue weighted by Gasteiger charge is 2.27. The van der Waals surface area contributed by atoms with Gasteiger partial charge in [-0.2, -0.15) is 0 Å². The zero-order valence-electron chi connectivity index (χ0n) is 14.0. The number of hydrogen-bond acceptors (Lipinski definition) is 3. The van der Waals surface area contributed by atoms with Gasteiger partial charge in [0.25, 0.3) is 0 Å². The van der Waals surface area contributed by atoms with Crippen molar-refractivity contribution in [3.05, 3.63) is 23.8 Å². The topological polar surface area (TPSA) is 78.5 Å². The molecule has 1 aliphatic heterocycles. The number of carbonyl (C=O) groups is 1. The van der Waals surface area contributed by atoms with Crippen molar-refractivity contribution in [1.29, 1.82) is 0 Å². The Hall–Kier alpha value is -1.60. The van der Waals surface area contributed by atoms with Crippen LogP contribution in [0.25, 0.3) is 0 Å². The molecule has 1 fully saturated rings. The summed E-state index contributed by atoms with van der Waals surface area (Å²) in [6.45, 7) is 0.578. The summed E-state index contributed by atoms with van der Waals surface area (Å²) in [5.74, 6) is 0.